The van der Waals surface area contributed by atoms with Gasteiger partial charge in [0.1, 0.15) is 16.7 Å². The second kappa shape index (κ2) is 7.28. The predicted octanol–water partition coefficient (Wildman–Crippen LogP) is 3.22. The number of hydrogen-bond acceptors (Lipinski definition) is 5. The van der Waals surface area contributed by atoms with Crippen molar-refractivity contribution in [1.29, 1.82) is 0 Å². The molecule has 2 aromatic rings. The molecule has 1 aliphatic rings. The van der Waals surface area contributed by atoms with E-state index in [1.54, 1.807) is 6.92 Å². The summed E-state index contributed by atoms with van der Waals surface area (Å²) in [5, 5.41) is 26.9. The molecule has 0 spiro atoms. The van der Waals surface area contributed by atoms with Gasteiger partial charge < -0.3 is 20.4 Å². The van der Waals surface area contributed by atoms with Crippen molar-refractivity contribution in [2.45, 2.75) is 36.1 Å². The second-order valence-corrected chi connectivity index (χ2v) is 8.20. The maximum absolute atomic E-state index is 13.4. The number of aromatic nitrogens is 2. The highest BCUT2D eigenvalue weighted by Gasteiger charge is 2.48. The summed E-state index contributed by atoms with van der Waals surface area (Å²) in [5.41, 5.74) is -2.64. The highest BCUT2D eigenvalue weighted by atomic mass is 35.5. The van der Waals surface area contributed by atoms with Crippen LogP contribution in [0.15, 0.2) is 17.0 Å². The smallest absolute Gasteiger partial charge is 0.394 e. The van der Waals surface area contributed by atoms with Gasteiger partial charge in [-0.05, 0) is 23.7 Å². The van der Waals surface area contributed by atoms with Gasteiger partial charge in [-0.1, -0.05) is 25.1 Å². The molecule has 156 valence electrons. The third-order valence-corrected chi connectivity index (χ3v) is 6.18. The number of hydrogen-bond donors (Lipinski definition) is 3. The largest absolute Gasteiger partial charge is 0.416 e. The van der Waals surface area contributed by atoms with Gasteiger partial charge in [0.05, 0.1) is 22.7 Å². The lowest BCUT2D eigenvalue weighted by molar-refractivity contribution is -0.137. The molecule has 1 aromatic carbocycles. The van der Waals surface area contributed by atoms with E-state index in [9.17, 15) is 27.6 Å². The molecule has 0 saturated heterocycles. The molecule has 0 radical (unpaired) electrons. The lowest BCUT2D eigenvalue weighted by Gasteiger charge is -2.43. The lowest BCUT2D eigenvalue weighted by atomic mass is 9.79. The zero-order valence-corrected chi connectivity index (χ0v) is 16.8. The molecule has 3 unspecified atom stereocenters. The Balaban J connectivity index is 2.47. The first-order chi connectivity index (χ1) is 13.5. The van der Waals surface area contributed by atoms with Crippen LogP contribution in [0.4, 0.5) is 24.8 Å². The monoisotopic (exact) mass is 448 g/mol. The fourth-order valence-electron chi connectivity index (χ4n) is 3.53. The number of fused-ring (bicyclic) bond motifs is 3. The Morgan fingerprint density at radius 1 is 1.48 bits per heavy atom. The van der Waals surface area contributed by atoms with Crippen LogP contribution in [0, 0.1) is 6.57 Å². The van der Waals surface area contributed by atoms with E-state index in [-0.39, 0.29) is 39.2 Å². The van der Waals surface area contributed by atoms with E-state index >= 15 is 0 Å². The molecular weight excluding hydrogens is 433 g/mol. The van der Waals surface area contributed by atoms with E-state index < -0.39 is 40.8 Å². The Kier molecular flexibility index (Phi) is 5.42. The van der Waals surface area contributed by atoms with Gasteiger partial charge in [-0.3, -0.25) is 4.21 Å². The quantitative estimate of drug-likeness (QED) is 0.625. The van der Waals surface area contributed by atoms with Crippen LogP contribution in [0.2, 0.25) is 5.02 Å². The minimum atomic E-state index is -4.70. The van der Waals surface area contributed by atoms with Crippen molar-refractivity contribution < 1.29 is 27.6 Å². The Morgan fingerprint density at radius 2 is 2.14 bits per heavy atom. The number of alkyl halides is 3. The molecule has 1 aromatic heterocycles. The van der Waals surface area contributed by atoms with Crippen LogP contribution >= 0.6 is 11.6 Å². The molecule has 1 aliphatic heterocycles. The van der Waals surface area contributed by atoms with Gasteiger partial charge in [0.25, 0.3) is 0 Å². The topological polar surface area (TPSA) is 91.7 Å². The molecule has 3 N–H and O–H groups in total. The molecule has 0 saturated carbocycles. The molecule has 3 rings (SSSR count). The van der Waals surface area contributed by atoms with Gasteiger partial charge in [-0.15, -0.1) is 4.68 Å². The van der Waals surface area contributed by atoms with Gasteiger partial charge in [-0.25, -0.2) is 0 Å². The van der Waals surface area contributed by atoms with Crippen LogP contribution in [0.1, 0.15) is 24.5 Å². The SMILES string of the molecule is [C-]#[N+]c1nn2c(c1S(C)=O)NC(CC)(C(O)CO)c1cc(C(F)(F)F)cc(Cl)c1-2. The van der Waals surface area contributed by atoms with Crippen molar-refractivity contribution in [3.8, 4) is 5.69 Å². The Hall–Kier alpha value is -2.13. The summed E-state index contributed by atoms with van der Waals surface area (Å²) < 4.78 is 53.6. The second-order valence-electron chi connectivity index (χ2n) is 6.48. The Morgan fingerprint density at radius 3 is 2.62 bits per heavy atom. The molecule has 0 amide bonds. The molecule has 7 nitrogen and oxygen atoms in total. The third-order valence-electron chi connectivity index (χ3n) is 4.94. The molecule has 0 aliphatic carbocycles. The van der Waals surface area contributed by atoms with Crippen molar-refractivity contribution in [2.75, 3.05) is 18.2 Å². The summed E-state index contributed by atoms with van der Waals surface area (Å²) in [5.74, 6) is -0.138. The average molecular weight is 449 g/mol. The van der Waals surface area contributed by atoms with Crippen LogP contribution in [-0.2, 0) is 22.5 Å². The van der Waals surface area contributed by atoms with Crippen molar-refractivity contribution in [3.63, 3.8) is 0 Å². The zero-order valence-electron chi connectivity index (χ0n) is 15.2. The van der Waals surface area contributed by atoms with Crippen molar-refractivity contribution in [3.05, 3.63) is 39.7 Å². The fourth-order valence-corrected chi connectivity index (χ4v) is 4.58. The average Bonchev–Trinajstić information content (AvgIpc) is 3.03. The third kappa shape index (κ3) is 3.20. The normalized spacial score (nSPS) is 20.2. The fraction of sp³-hybridized carbons (Fsp3) is 0.412. The number of aliphatic hydroxyl groups excluding tert-OH is 2. The number of halogens is 4. The first-order valence-corrected chi connectivity index (χ1v) is 10.3. The molecule has 12 heteroatoms. The Labute approximate surface area is 171 Å². The van der Waals surface area contributed by atoms with Crippen LogP contribution in [0.25, 0.3) is 10.5 Å². The first-order valence-electron chi connectivity index (χ1n) is 8.34. The minimum absolute atomic E-state index is 0.0179. The molecule has 0 fully saturated rings. The van der Waals surface area contributed by atoms with E-state index in [1.807, 2.05) is 0 Å². The zero-order chi connectivity index (χ0) is 21.7. The molecular formula is C17H16ClF3N4O3S. The molecule has 29 heavy (non-hydrogen) atoms. The van der Waals surface area contributed by atoms with Crippen LogP contribution < -0.4 is 5.32 Å². The van der Waals surface area contributed by atoms with E-state index in [0.29, 0.717) is 0 Å². The predicted molar refractivity (Wildman–Crippen MR) is 101 cm³/mol. The lowest BCUT2D eigenvalue weighted by Crippen LogP contribution is -2.51. The van der Waals surface area contributed by atoms with Gasteiger partial charge >= 0.3 is 12.0 Å². The highest BCUT2D eigenvalue weighted by molar-refractivity contribution is 7.84. The summed E-state index contributed by atoms with van der Waals surface area (Å²) in [6.45, 7) is 8.14. The Bertz CT molecular complexity index is 1050. The maximum Gasteiger partial charge on any atom is 0.416 e. The van der Waals surface area contributed by atoms with Crippen molar-refractivity contribution in [1.82, 2.24) is 9.78 Å². The van der Waals surface area contributed by atoms with Gasteiger partial charge in [0.15, 0.2) is 5.82 Å². The van der Waals surface area contributed by atoms with E-state index in [0.717, 1.165) is 16.8 Å². The minimum Gasteiger partial charge on any atom is -0.394 e. The van der Waals surface area contributed by atoms with Crippen LogP contribution in [0.3, 0.4) is 0 Å². The van der Waals surface area contributed by atoms with Crippen LogP contribution in [0.5, 0.6) is 0 Å². The van der Waals surface area contributed by atoms with E-state index in [2.05, 4.69) is 15.3 Å². The summed E-state index contributed by atoms with van der Waals surface area (Å²) in [6, 6.07) is 1.56. The number of benzene rings is 1. The van der Waals surface area contributed by atoms with Gasteiger partial charge in [0, 0.05) is 22.6 Å². The standard InChI is InChI=1S/C17H16ClF3N4O3S/c1-4-16(11(27)7-26)9-5-8(17(19,20)21)6-10(18)12(9)25-15(23-16)13(29(3)28)14(22-2)24-25/h5-6,11,23,26-27H,4,7H2,1,3H3. The maximum atomic E-state index is 13.4. The molecule has 2 heterocycles. The molecule has 0 bridgehead atoms. The van der Waals surface area contributed by atoms with Crippen molar-refractivity contribution in [2.24, 2.45) is 0 Å². The summed E-state index contributed by atoms with van der Waals surface area (Å²) in [6.07, 6.45) is -4.85. The summed E-state index contributed by atoms with van der Waals surface area (Å²) >= 11 is 6.21. The van der Waals surface area contributed by atoms with Crippen LogP contribution in [-0.4, -0.2) is 43.2 Å². The molecule has 3 atom stereocenters. The van der Waals surface area contributed by atoms with E-state index in [1.165, 1.54) is 6.26 Å². The number of rotatable bonds is 4. The number of nitrogens with one attached hydrogen (secondary N) is 1. The van der Waals surface area contributed by atoms with Crippen molar-refractivity contribution >= 4 is 34.0 Å². The number of nitrogens with zero attached hydrogens (tertiary/aromatic N) is 3. The number of anilines is 1. The number of aliphatic hydroxyl groups is 2. The first kappa shape index (κ1) is 21.6. The van der Waals surface area contributed by atoms with Gasteiger partial charge in [-0.2, -0.15) is 13.2 Å². The van der Waals surface area contributed by atoms with E-state index in [4.69, 9.17) is 18.2 Å². The summed E-state index contributed by atoms with van der Waals surface area (Å²) in [7, 11) is -1.68. The van der Waals surface area contributed by atoms with Gasteiger partial charge in [0.2, 0.25) is 0 Å². The summed E-state index contributed by atoms with van der Waals surface area (Å²) in [4.78, 5) is 3.28. The highest BCUT2D eigenvalue weighted by Crippen LogP contribution is 2.49.